The molecule has 4 heteroatoms. The second kappa shape index (κ2) is 8.12. The van der Waals surface area contributed by atoms with Crippen molar-refractivity contribution in [2.45, 2.75) is 39.8 Å². The van der Waals surface area contributed by atoms with E-state index in [4.69, 9.17) is 5.11 Å². The molecule has 0 saturated carbocycles. The molecule has 0 amide bonds. The summed E-state index contributed by atoms with van der Waals surface area (Å²) in [5, 5.41) is 12.5. The molecule has 108 valence electrons. The predicted molar refractivity (Wildman–Crippen MR) is 78.0 cm³/mol. The largest absolute Gasteiger partial charge is 0.395 e. The Morgan fingerprint density at radius 3 is 2.63 bits per heavy atom. The van der Waals surface area contributed by atoms with Crippen molar-refractivity contribution in [1.82, 2.24) is 5.32 Å². The molecular formula is C15H25FN2O. The molecule has 0 aliphatic heterocycles. The lowest BCUT2D eigenvalue weighted by molar-refractivity contribution is 0.301. The molecule has 0 radical (unpaired) electrons. The van der Waals surface area contributed by atoms with Gasteiger partial charge in [-0.3, -0.25) is 0 Å². The number of benzene rings is 1. The second-order valence-corrected chi connectivity index (χ2v) is 4.99. The number of hydrogen-bond acceptors (Lipinski definition) is 3. The number of nitrogens with one attached hydrogen (secondary N) is 1. The lowest BCUT2D eigenvalue weighted by atomic mass is 10.1. The molecule has 1 aromatic carbocycles. The van der Waals surface area contributed by atoms with E-state index in [1.165, 1.54) is 6.07 Å². The highest BCUT2D eigenvalue weighted by atomic mass is 19.1. The van der Waals surface area contributed by atoms with Crippen molar-refractivity contribution in [3.05, 3.63) is 29.6 Å². The highest BCUT2D eigenvalue weighted by Gasteiger charge is 2.15. The van der Waals surface area contributed by atoms with E-state index in [0.717, 1.165) is 18.5 Å². The third kappa shape index (κ3) is 4.80. The Labute approximate surface area is 115 Å². The Morgan fingerprint density at radius 1 is 1.32 bits per heavy atom. The maximum absolute atomic E-state index is 14.1. The van der Waals surface area contributed by atoms with E-state index in [2.05, 4.69) is 26.1 Å². The number of aliphatic hydroxyl groups is 1. The molecule has 0 aliphatic rings. The molecule has 0 aliphatic carbocycles. The first-order valence-corrected chi connectivity index (χ1v) is 6.96. The fourth-order valence-electron chi connectivity index (χ4n) is 2.10. The summed E-state index contributed by atoms with van der Waals surface area (Å²) >= 11 is 0. The lowest BCUT2D eigenvalue weighted by Gasteiger charge is -2.27. The summed E-state index contributed by atoms with van der Waals surface area (Å²) in [5.74, 6) is -0.218. The minimum atomic E-state index is -0.218. The Balaban J connectivity index is 2.99. The van der Waals surface area contributed by atoms with Crippen LogP contribution in [0.1, 0.15) is 32.8 Å². The van der Waals surface area contributed by atoms with Crippen LogP contribution in [-0.4, -0.2) is 30.8 Å². The van der Waals surface area contributed by atoms with E-state index in [-0.39, 0.29) is 12.4 Å². The van der Waals surface area contributed by atoms with Gasteiger partial charge in [0.15, 0.2) is 0 Å². The van der Waals surface area contributed by atoms with Crippen LogP contribution in [0.4, 0.5) is 10.1 Å². The van der Waals surface area contributed by atoms with Crippen molar-refractivity contribution >= 4 is 5.69 Å². The van der Waals surface area contributed by atoms with Gasteiger partial charge in [0.25, 0.3) is 0 Å². The standard InChI is InChI=1S/C15H25FN2O/c1-4-8-18(9-10-19)15-13(11-17-12(2)3)6-5-7-14(15)16/h5-7,12,17,19H,4,8-11H2,1-3H3. The maximum atomic E-state index is 14.1. The first-order valence-electron chi connectivity index (χ1n) is 6.96. The SMILES string of the molecule is CCCN(CCO)c1c(F)cccc1CNC(C)C. The Morgan fingerprint density at radius 2 is 2.05 bits per heavy atom. The molecule has 0 atom stereocenters. The van der Waals surface area contributed by atoms with Gasteiger partial charge in [0.05, 0.1) is 12.3 Å². The number of anilines is 1. The van der Waals surface area contributed by atoms with E-state index in [1.54, 1.807) is 6.07 Å². The number of para-hydroxylation sites is 1. The van der Waals surface area contributed by atoms with E-state index in [0.29, 0.717) is 24.8 Å². The van der Waals surface area contributed by atoms with Crippen LogP contribution in [0.25, 0.3) is 0 Å². The molecular weight excluding hydrogens is 243 g/mol. The van der Waals surface area contributed by atoms with Crippen molar-refractivity contribution < 1.29 is 9.50 Å². The van der Waals surface area contributed by atoms with Gasteiger partial charge in [0.1, 0.15) is 5.82 Å². The van der Waals surface area contributed by atoms with Crippen LogP contribution in [-0.2, 0) is 6.54 Å². The summed E-state index contributed by atoms with van der Waals surface area (Å²) in [7, 11) is 0. The molecule has 2 N–H and O–H groups in total. The molecule has 1 aromatic rings. The van der Waals surface area contributed by atoms with Gasteiger partial charge in [-0.1, -0.05) is 32.9 Å². The van der Waals surface area contributed by atoms with Crippen molar-refractivity contribution in [3.63, 3.8) is 0 Å². The van der Waals surface area contributed by atoms with E-state index in [1.807, 2.05) is 11.0 Å². The number of nitrogens with zero attached hydrogens (tertiary/aromatic N) is 1. The van der Waals surface area contributed by atoms with E-state index in [9.17, 15) is 4.39 Å². The molecule has 0 heterocycles. The van der Waals surface area contributed by atoms with Gasteiger partial charge in [0.2, 0.25) is 0 Å². The molecule has 0 saturated heterocycles. The normalized spacial score (nSPS) is 11.1. The molecule has 1 rings (SSSR count). The third-order valence-electron chi connectivity index (χ3n) is 2.95. The first-order chi connectivity index (χ1) is 9.10. The van der Waals surface area contributed by atoms with Crippen LogP contribution in [0, 0.1) is 5.82 Å². The highest BCUT2D eigenvalue weighted by Crippen LogP contribution is 2.24. The monoisotopic (exact) mass is 268 g/mol. The van der Waals surface area contributed by atoms with Gasteiger partial charge in [-0.25, -0.2) is 4.39 Å². The Hall–Kier alpha value is -1.13. The predicted octanol–water partition coefficient (Wildman–Crippen LogP) is 2.53. The molecule has 3 nitrogen and oxygen atoms in total. The van der Waals surface area contributed by atoms with Crippen LogP contribution in [0.5, 0.6) is 0 Å². The second-order valence-electron chi connectivity index (χ2n) is 4.99. The minimum Gasteiger partial charge on any atom is -0.395 e. The van der Waals surface area contributed by atoms with E-state index < -0.39 is 0 Å². The van der Waals surface area contributed by atoms with Crippen molar-refractivity contribution in [3.8, 4) is 0 Å². The van der Waals surface area contributed by atoms with Crippen LogP contribution in [0.15, 0.2) is 18.2 Å². The summed E-state index contributed by atoms with van der Waals surface area (Å²) < 4.78 is 14.1. The zero-order chi connectivity index (χ0) is 14.3. The number of aliphatic hydroxyl groups excluding tert-OH is 1. The highest BCUT2D eigenvalue weighted by molar-refractivity contribution is 5.55. The fourth-order valence-corrected chi connectivity index (χ4v) is 2.10. The van der Waals surface area contributed by atoms with Crippen molar-refractivity contribution in [2.75, 3.05) is 24.6 Å². The first kappa shape index (κ1) is 15.9. The minimum absolute atomic E-state index is 0.0331. The molecule has 0 aromatic heterocycles. The third-order valence-corrected chi connectivity index (χ3v) is 2.95. The van der Waals surface area contributed by atoms with Gasteiger partial charge < -0.3 is 15.3 Å². The number of halogens is 1. The average molecular weight is 268 g/mol. The van der Waals surface area contributed by atoms with Gasteiger partial charge in [-0.15, -0.1) is 0 Å². The lowest BCUT2D eigenvalue weighted by Crippen LogP contribution is -2.31. The summed E-state index contributed by atoms with van der Waals surface area (Å²) in [5.41, 5.74) is 1.56. The van der Waals surface area contributed by atoms with Crippen molar-refractivity contribution in [1.29, 1.82) is 0 Å². The molecule has 0 unspecified atom stereocenters. The van der Waals surface area contributed by atoms with Crippen LogP contribution < -0.4 is 10.2 Å². The van der Waals surface area contributed by atoms with Gasteiger partial charge >= 0.3 is 0 Å². The van der Waals surface area contributed by atoms with Crippen LogP contribution in [0.2, 0.25) is 0 Å². The zero-order valence-corrected chi connectivity index (χ0v) is 12.1. The molecule has 19 heavy (non-hydrogen) atoms. The van der Waals surface area contributed by atoms with Crippen molar-refractivity contribution in [2.24, 2.45) is 0 Å². The summed E-state index contributed by atoms with van der Waals surface area (Å²) in [6.45, 7) is 8.06. The van der Waals surface area contributed by atoms with Gasteiger partial charge in [-0.2, -0.15) is 0 Å². The van der Waals surface area contributed by atoms with E-state index >= 15 is 0 Å². The number of hydrogen-bond donors (Lipinski definition) is 2. The average Bonchev–Trinajstić information content (AvgIpc) is 2.36. The topological polar surface area (TPSA) is 35.5 Å². The van der Waals surface area contributed by atoms with Crippen LogP contribution >= 0.6 is 0 Å². The van der Waals surface area contributed by atoms with Gasteiger partial charge in [0, 0.05) is 25.7 Å². The zero-order valence-electron chi connectivity index (χ0n) is 12.1. The summed E-state index contributed by atoms with van der Waals surface area (Å²) in [6.07, 6.45) is 0.922. The van der Waals surface area contributed by atoms with Gasteiger partial charge in [-0.05, 0) is 18.1 Å². The Kier molecular flexibility index (Phi) is 6.81. The summed E-state index contributed by atoms with van der Waals surface area (Å²) in [4.78, 5) is 1.92. The maximum Gasteiger partial charge on any atom is 0.146 e. The fraction of sp³-hybridized carbons (Fsp3) is 0.600. The van der Waals surface area contributed by atoms with Crippen LogP contribution in [0.3, 0.4) is 0 Å². The molecule has 0 bridgehead atoms. The molecule has 0 fully saturated rings. The Bertz CT molecular complexity index is 376. The summed E-state index contributed by atoms with van der Waals surface area (Å²) in [6, 6.07) is 5.51. The number of rotatable bonds is 8. The molecule has 0 spiro atoms. The smallest absolute Gasteiger partial charge is 0.146 e. The quantitative estimate of drug-likeness (QED) is 0.760.